The molecule has 0 amide bonds. The predicted octanol–water partition coefficient (Wildman–Crippen LogP) is 2.74. The van der Waals surface area contributed by atoms with Crippen LogP contribution in [-0.2, 0) is 9.47 Å². The Morgan fingerprint density at radius 2 is 1.76 bits per heavy atom. The highest BCUT2D eigenvalue weighted by Crippen LogP contribution is 2.30. The Morgan fingerprint density at radius 3 is 2.35 bits per heavy atom. The van der Waals surface area contributed by atoms with Crippen molar-refractivity contribution >= 4 is 0 Å². The van der Waals surface area contributed by atoms with Crippen molar-refractivity contribution in [3.63, 3.8) is 0 Å². The molecule has 0 heterocycles. The summed E-state index contributed by atoms with van der Waals surface area (Å²) in [7, 11) is 1.75. The zero-order valence-corrected chi connectivity index (χ0v) is 11.6. The van der Waals surface area contributed by atoms with Gasteiger partial charge in [0.2, 0.25) is 0 Å². The van der Waals surface area contributed by atoms with E-state index in [9.17, 15) is 0 Å². The van der Waals surface area contributed by atoms with Gasteiger partial charge in [-0.15, -0.1) is 0 Å². The largest absolute Gasteiger partial charge is 0.385 e. The van der Waals surface area contributed by atoms with Crippen LogP contribution in [-0.4, -0.2) is 39.0 Å². The van der Waals surface area contributed by atoms with Gasteiger partial charge in [0, 0.05) is 26.9 Å². The van der Waals surface area contributed by atoms with Gasteiger partial charge in [-0.05, 0) is 25.8 Å². The molecule has 102 valence electrons. The molecule has 0 aromatic rings. The molecule has 1 saturated carbocycles. The topological polar surface area (TPSA) is 30.5 Å². The molecular weight excluding hydrogens is 214 g/mol. The molecule has 1 aliphatic rings. The molecule has 0 spiro atoms. The molecule has 0 saturated heterocycles. The number of likely N-dealkylation sites (N-methyl/N-ethyl adjacent to an activating group) is 1. The Morgan fingerprint density at radius 1 is 1.06 bits per heavy atom. The number of hydrogen-bond donors (Lipinski definition) is 1. The highest BCUT2D eigenvalue weighted by atomic mass is 16.5. The fourth-order valence-electron chi connectivity index (χ4n) is 2.59. The van der Waals surface area contributed by atoms with E-state index in [1.807, 2.05) is 0 Å². The Balaban J connectivity index is 2.38. The van der Waals surface area contributed by atoms with E-state index in [4.69, 9.17) is 9.47 Å². The third kappa shape index (κ3) is 5.84. The lowest BCUT2D eigenvalue weighted by Gasteiger charge is -2.33. The van der Waals surface area contributed by atoms with Crippen LogP contribution in [0.15, 0.2) is 0 Å². The zero-order chi connectivity index (χ0) is 12.4. The van der Waals surface area contributed by atoms with E-state index >= 15 is 0 Å². The monoisotopic (exact) mass is 243 g/mol. The van der Waals surface area contributed by atoms with Crippen molar-refractivity contribution < 1.29 is 9.47 Å². The SMILES string of the molecule is CCNCC1(OCCCOC)CCCCCC1. The smallest absolute Gasteiger partial charge is 0.0806 e. The first-order valence-electron chi connectivity index (χ1n) is 7.16. The third-order valence-electron chi connectivity index (χ3n) is 3.61. The highest BCUT2D eigenvalue weighted by Gasteiger charge is 2.31. The van der Waals surface area contributed by atoms with Crippen LogP contribution < -0.4 is 5.32 Å². The second-order valence-electron chi connectivity index (χ2n) is 5.07. The molecule has 0 unspecified atom stereocenters. The number of methoxy groups -OCH3 is 1. The van der Waals surface area contributed by atoms with Gasteiger partial charge in [0.25, 0.3) is 0 Å². The van der Waals surface area contributed by atoms with Crippen molar-refractivity contribution in [3.05, 3.63) is 0 Å². The lowest BCUT2D eigenvalue weighted by molar-refractivity contribution is -0.0596. The molecule has 3 nitrogen and oxygen atoms in total. The van der Waals surface area contributed by atoms with E-state index in [1.165, 1.54) is 38.5 Å². The highest BCUT2D eigenvalue weighted by molar-refractivity contribution is 4.85. The fraction of sp³-hybridized carbons (Fsp3) is 1.00. The molecule has 0 atom stereocenters. The normalized spacial score (nSPS) is 20.1. The molecule has 0 radical (unpaired) electrons. The summed E-state index contributed by atoms with van der Waals surface area (Å²) >= 11 is 0. The maximum Gasteiger partial charge on any atom is 0.0806 e. The summed E-state index contributed by atoms with van der Waals surface area (Å²) in [4.78, 5) is 0. The molecule has 0 aliphatic heterocycles. The summed E-state index contributed by atoms with van der Waals surface area (Å²) in [5, 5.41) is 3.47. The fourth-order valence-corrected chi connectivity index (χ4v) is 2.59. The molecule has 17 heavy (non-hydrogen) atoms. The van der Waals surface area contributed by atoms with Crippen molar-refractivity contribution in [2.75, 3.05) is 33.4 Å². The van der Waals surface area contributed by atoms with Crippen LogP contribution in [0.3, 0.4) is 0 Å². The van der Waals surface area contributed by atoms with Gasteiger partial charge >= 0.3 is 0 Å². The Hall–Kier alpha value is -0.120. The molecule has 0 aromatic heterocycles. The van der Waals surface area contributed by atoms with Crippen LogP contribution in [0.4, 0.5) is 0 Å². The van der Waals surface area contributed by atoms with Crippen molar-refractivity contribution in [3.8, 4) is 0 Å². The van der Waals surface area contributed by atoms with Gasteiger partial charge in [-0.2, -0.15) is 0 Å². The molecule has 1 aliphatic carbocycles. The maximum atomic E-state index is 6.21. The zero-order valence-electron chi connectivity index (χ0n) is 11.6. The summed E-state index contributed by atoms with van der Waals surface area (Å²) in [6, 6.07) is 0. The lowest BCUT2D eigenvalue weighted by Crippen LogP contribution is -2.43. The minimum atomic E-state index is 0.0975. The van der Waals surface area contributed by atoms with Crippen molar-refractivity contribution in [1.29, 1.82) is 0 Å². The third-order valence-corrected chi connectivity index (χ3v) is 3.61. The Kier molecular flexibility index (Phi) is 7.82. The second-order valence-corrected chi connectivity index (χ2v) is 5.07. The number of ether oxygens (including phenoxy) is 2. The maximum absolute atomic E-state index is 6.21. The first-order valence-corrected chi connectivity index (χ1v) is 7.16. The summed E-state index contributed by atoms with van der Waals surface area (Å²) in [6.07, 6.45) is 8.81. The van der Waals surface area contributed by atoms with E-state index in [-0.39, 0.29) is 5.60 Å². The summed E-state index contributed by atoms with van der Waals surface area (Å²) in [5.41, 5.74) is 0.0975. The average Bonchev–Trinajstić information content (AvgIpc) is 2.59. The minimum Gasteiger partial charge on any atom is -0.385 e. The standard InChI is InChI=1S/C14H29NO2/c1-3-15-13-14(17-12-8-11-16-2)9-6-4-5-7-10-14/h15H,3-13H2,1-2H3. The van der Waals surface area contributed by atoms with Gasteiger partial charge in [-0.25, -0.2) is 0 Å². The minimum absolute atomic E-state index is 0.0975. The first kappa shape index (κ1) is 14.9. The molecule has 3 heteroatoms. The number of rotatable bonds is 8. The summed E-state index contributed by atoms with van der Waals surface area (Å²) < 4.78 is 11.3. The van der Waals surface area contributed by atoms with Gasteiger partial charge in [0.15, 0.2) is 0 Å². The van der Waals surface area contributed by atoms with Gasteiger partial charge in [0.05, 0.1) is 5.60 Å². The lowest BCUT2D eigenvalue weighted by atomic mass is 9.94. The molecule has 1 fully saturated rings. The number of nitrogens with one attached hydrogen (secondary N) is 1. The molecular formula is C14H29NO2. The summed E-state index contributed by atoms with van der Waals surface area (Å²) in [6.45, 7) is 5.84. The van der Waals surface area contributed by atoms with E-state index < -0.39 is 0 Å². The van der Waals surface area contributed by atoms with Crippen molar-refractivity contribution in [2.24, 2.45) is 0 Å². The molecule has 1 N–H and O–H groups in total. The van der Waals surface area contributed by atoms with E-state index in [0.717, 1.165) is 32.7 Å². The first-order chi connectivity index (χ1) is 8.33. The van der Waals surface area contributed by atoms with Gasteiger partial charge in [-0.1, -0.05) is 32.6 Å². The molecule has 0 aromatic carbocycles. The van der Waals surface area contributed by atoms with Crippen LogP contribution in [0.25, 0.3) is 0 Å². The van der Waals surface area contributed by atoms with Gasteiger partial charge in [0.1, 0.15) is 0 Å². The van der Waals surface area contributed by atoms with Crippen LogP contribution in [0.5, 0.6) is 0 Å². The van der Waals surface area contributed by atoms with E-state index in [2.05, 4.69) is 12.2 Å². The summed E-state index contributed by atoms with van der Waals surface area (Å²) in [5.74, 6) is 0. The van der Waals surface area contributed by atoms with Crippen molar-refractivity contribution in [1.82, 2.24) is 5.32 Å². The van der Waals surface area contributed by atoms with Crippen LogP contribution in [0.2, 0.25) is 0 Å². The predicted molar refractivity (Wildman–Crippen MR) is 71.4 cm³/mol. The molecule has 0 bridgehead atoms. The van der Waals surface area contributed by atoms with Crippen LogP contribution in [0, 0.1) is 0 Å². The Bertz CT molecular complexity index is 177. The Labute approximate surface area is 106 Å². The second kappa shape index (κ2) is 8.90. The van der Waals surface area contributed by atoms with Crippen LogP contribution >= 0.6 is 0 Å². The van der Waals surface area contributed by atoms with Gasteiger partial charge in [-0.3, -0.25) is 0 Å². The van der Waals surface area contributed by atoms with E-state index in [1.54, 1.807) is 7.11 Å². The van der Waals surface area contributed by atoms with E-state index in [0.29, 0.717) is 0 Å². The van der Waals surface area contributed by atoms with Crippen molar-refractivity contribution in [2.45, 2.75) is 57.5 Å². The average molecular weight is 243 g/mol. The van der Waals surface area contributed by atoms with Crippen LogP contribution in [0.1, 0.15) is 51.9 Å². The molecule has 1 rings (SSSR count). The quantitative estimate of drug-likeness (QED) is 0.525. The number of hydrogen-bond acceptors (Lipinski definition) is 3. The van der Waals surface area contributed by atoms with Gasteiger partial charge < -0.3 is 14.8 Å².